The van der Waals surface area contributed by atoms with E-state index in [2.05, 4.69) is 33.0 Å². The molecule has 1 heterocycles. The molecule has 2 atom stereocenters. The van der Waals surface area contributed by atoms with Crippen LogP contribution in [0.25, 0.3) is 0 Å². The minimum atomic E-state index is -0.858. The summed E-state index contributed by atoms with van der Waals surface area (Å²) in [7, 11) is 0. The number of rotatable bonds is 37. The van der Waals surface area contributed by atoms with Gasteiger partial charge in [-0.1, -0.05) is 169 Å². The molecule has 302 valence electrons. The highest BCUT2D eigenvalue weighted by Crippen LogP contribution is 2.34. The minimum absolute atomic E-state index is 0.123. The Morgan fingerprint density at radius 1 is 0.627 bits per heavy atom. The number of hydrogen-bond donors (Lipinski definition) is 2. The molecule has 51 heavy (non-hydrogen) atoms. The van der Waals surface area contributed by atoms with Gasteiger partial charge in [0.2, 0.25) is 5.79 Å². The lowest BCUT2D eigenvalue weighted by molar-refractivity contribution is -0.259. The summed E-state index contributed by atoms with van der Waals surface area (Å²) in [6.45, 7) is 9.76. The molecule has 1 aliphatic heterocycles. The van der Waals surface area contributed by atoms with Crippen LogP contribution in [0.5, 0.6) is 0 Å². The lowest BCUT2D eigenvalue weighted by atomic mass is 9.97. The van der Waals surface area contributed by atoms with Gasteiger partial charge in [0.1, 0.15) is 6.04 Å². The minimum Gasteiger partial charge on any atom is -0.465 e. The molecule has 2 N–H and O–H groups in total. The topological polar surface area (TPSA) is 94.1 Å². The number of hydrogen-bond acceptors (Lipinski definition) is 7. The third-order valence-corrected chi connectivity index (χ3v) is 10.7. The van der Waals surface area contributed by atoms with E-state index in [1.54, 1.807) is 0 Å². The fourth-order valence-electron chi connectivity index (χ4n) is 7.39. The Morgan fingerprint density at radius 2 is 1.08 bits per heavy atom. The largest absolute Gasteiger partial charge is 0.465 e. The van der Waals surface area contributed by atoms with Crippen LogP contribution in [-0.4, -0.2) is 54.2 Å². The van der Waals surface area contributed by atoms with E-state index in [-0.39, 0.29) is 24.6 Å². The molecule has 0 spiro atoms. The number of unbranched alkanes of at least 4 members (excludes halogenated alkanes) is 21. The zero-order valence-electron chi connectivity index (χ0n) is 34.3. The van der Waals surface area contributed by atoms with E-state index in [4.69, 9.17) is 14.2 Å². The summed E-state index contributed by atoms with van der Waals surface area (Å²) in [5.74, 6) is -1.36. The molecule has 0 bridgehead atoms. The van der Waals surface area contributed by atoms with E-state index in [0.29, 0.717) is 32.2 Å². The molecule has 0 radical (unpaired) electrons. The normalized spacial score (nSPS) is 16.3. The van der Waals surface area contributed by atoms with Crippen molar-refractivity contribution in [2.45, 2.75) is 257 Å². The van der Waals surface area contributed by atoms with Crippen LogP contribution in [0.1, 0.15) is 233 Å². The zero-order chi connectivity index (χ0) is 37.3. The molecular weight excluding hydrogens is 638 g/mol. The standard InChI is InChI=1S/C44H85NO6/c1-5-9-13-17-21-25-31-40(32-26-22-18-14-10-6-2)50-44(34-28-23-19-15-11-7-3,35-29-24-20-16-12-8-4)51-42(47)33-27-30-36-49-43(48)41-37-39(46)38-45-41/h39-41,45-46H,5-38H2,1-4H3/t39?,41-/m0/s1. The lowest BCUT2D eigenvalue weighted by Gasteiger charge is -2.37. The van der Waals surface area contributed by atoms with Gasteiger partial charge in [-0.25, -0.2) is 0 Å². The molecule has 7 nitrogen and oxygen atoms in total. The highest BCUT2D eigenvalue weighted by molar-refractivity contribution is 5.76. The van der Waals surface area contributed by atoms with Crippen LogP contribution in [-0.2, 0) is 23.8 Å². The molecule has 7 heteroatoms. The number of aliphatic hydroxyl groups excluding tert-OH is 1. The molecule has 0 aromatic rings. The molecular formula is C44H85NO6. The quantitative estimate of drug-likeness (QED) is 0.0374. The van der Waals surface area contributed by atoms with Gasteiger partial charge in [-0.2, -0.15) is 0 Å². The third kappa shape index (κ3) is 26.3. The van der Waals surface area contributed by atoms with E-state index in [0.717, 1.165) is 51.4 Å². The van der Waals surface area contributed by atoms with Crippen LogP contribution in [0, 0.1) is 0 Å². The van der Waals surface area contributed by atoms with E-state index in [9.17, 15) is 14.7 Å². The van der Waals surface area contributed by atoms with Crippen molar-refractivity contribution >= 4 is 11.9 Å². The second-order valence-electron chi connectivity index (χ2n) is 15.7. The summed E-state index contributed by atoms with van der Waals surface area (Å²) in [4.78, 5) is 25.9. The molecule has 0 aliphatic carbocycles. The van der Waals surface area contributed by atoms with Gasteiger partial charge in [0.05, 0.1) is 18.8 Å². The van der Waals surface area contributed by atoms with E-state index >= 15 is 0 Å². The molecule has 1 fully saturated rings. The van der Waals surface area contributed by atoms with Gasteiger partial charge >= 0.3 is 11.9 Å². The maximum absolute atomic E-state index is 13.6. The number of ether oxygens (including phenoxy) is 3. The summed E-state index contributed by atoms with van der Waals surface area (Å²) in [6.07, 6.45) is 34.8. The molecule has 0 saturated carbocycles. The van der Waals surface area contributed by atoms with Crippen molar-refractivity contribution in [2.75, 3.05) is 13.2 Å². The smallest absolute Gasteiger partial charge is 0.323 e. The zero-order valence-corrected chi connectivity index (χ0v) is 34.3. The van der Waals surface area contributed by atoms with Crippen LogP contribution < -0.4 is 5.32 Å². The Morgan fingerprint density at radius 3 is 1.53 bits per heavy atom. The van der Waals surface area contributed by atoms with Crippen LogP contribution in [0.15, 0.2) is 0 Å². The van der Waals surface area contributed by atoms with E-state index in [1.807, 2.05) is 0 Å². The van der Waals surface area contributed by atoms with Crippen LogP contribution in [0.3, 0.4) is 0 Å². The second-order valence-corrected chi connectivity index (χ2v) is 15.7. The van der Waals surface area contributed by atoms with Crippen molar-refractivity contribution in [1.82, 2.24) is 5.32 Å². The summed E-state index contributed by atoms with van der Waals surface area (Å²) >= 11 is 0. The number of carbonyl (C=O) groups excluding carboxylic acids is 2. The first-order valence-electron chi connectivity index (χ1n) is 22.4. The molecule has 0 aromatic carbocycles. The van der Waals surface area contributed by atoms with Crippen molar-refractivity contribution in [3.8, 4) is 0 Å². The summed E-state index contributed by atoms with van der Waals surface area (Å²) in [5, 5.41) is 12.7. The van der Waals surface area contributed by atoms with E-state index < -0.39 is 17.9 Å². The van der Waals surface area contributed by atoms with Gasteiger partial charge in [-0.15, -0.1) is 0 Å². The molecule has 1 rings (SSSR count). The Bertz CT molecular complexity index is 774. The summed E-state index contributed by atoms with van der Waals surface area (Å²) < 4.78 is 19.2. The van der Waals surface area contributed by atoms with Gasteiger partial charge in [0.15, 0.2) is 0 Å². The Kier molecular flexibility index (Phi) is 31.3. The summed E-state index contributed by atoms with van der Waals surface area (Å²) in [5.41, 5.74) is 0. The molecule has 1 saturated heterocycles. The Balaban J connectivity index is 2.98. The number of β-amino-alcohol motifs (C(OH)–C–C–N with tert-alkyl or cyclic N) is 1. The lowest BCUT2D eigenvalue weighted by Crippen LogP contribution is -2.42. The van der Waals surface area contributed by atoms with Crippen LogP contribution in [0.2, 0.25) is 0 Å². The van der Waals surface area contributed by atoms with Crippen molar-refractivity contribution in [3.05, 3.63) is 0 Å². The monoisotopic (exact) mass is 724 g/mol. The number of carbonyl (C=O) groups is 2. The highest BCUT2D eigenvalue weighted by Gasteiger charge is 2.37. The van der Waals surface area contributed by atoms with Crippen molar-refractivity contribution in [3.63, 3.8) is 0 Å². The van der Waals surface area contributed by atoms with Gasteiger partial charge in [-0.3, -0.25) is 9.59 Å². The third-order valence-electron chi connectivity index (χ3n) is 10.7. The van der Waals surface area contributed by atoms with Crippen LogP contribution >= 0.6 is 0 Å². The maximum atomic E-state index is 13.6. The van der Waals surface area contributed by atoms with Crippen molar-refractivity contribution < 1.29 is 28.9 Å². The second kappa shape index (κ2) is 33.4. The number of nitrogens with one attached hydrogen (secondary N) is 1. The first-order chi connectivity index (χ1) is 24.9. The Hall–Kier alpha value is -1.18. The predicted molar refractivity (Wildman–Crippen MR) is 213 cm³/mol. The molecule has 1 aliphatic rings. The van der Waals surface area contributed by atoms with Gasteiger partial charge in [0, 0.05) is 32.2 Å². The number of esters is 2. The SMILES string of the molecule is CCCCCCCCC(CCCCCCCC)OC(CCCCCCCC)(CCCCCCCC)OC(=O)CCCCOC(=O)[C@@H]1CC(O)CN1. The average molecular weight is 724 g/mol. The molecule has 0 aromatic heterocycles. The van der Waals surface area contributed by atoms with Crippen molar-refractivity contribution in [1.29, 1.82) is 0 Å². The average Bonchev–Trinajstić information content (AvgIpc) is 3.56. The fourth-order valence-corrected chi connectivity index (χ4v) is 7.39. The highest BCUT2D eigenvalue weighted by atomic mass is 16.7. The first kappa shape index (κ1) is 47.8. The fraction of sp³-hybridized carbons (Fsp3) is 0.955. The van der Waals surface area contributed by atoms with Crippen molar-refractivity contribution in [2.24, 2.45) is 0 Å². The van der Waals surface area contributed by atoms with Crippen LogP contribution in [0.4, 0.5) is 0 Å². The number of aliphatic hydroxyl groups is 1. The molecule has 0 amide bonds. The van der Waals surface area contributed by atoms with E-state index in [1.165, 1.54) is 128 Å². The molecule has 1 unspecified atom stereocenters. The maximum Gasteiger partial charge on any atom is 0.323 e. The summed E-state index contributed by atoms with van der Waals surface area (Å²) in [6, 6.07) is -0.438. The van der Waals surface area contributed by atoms with Gasteiger partial charge < -0.3 is 24.6 Å². The first-order valence-corrected chi connectivity index (χ1v) is 22.4. The Labute approximate surface area is 315 Å². The van der Waals surface area contributed by atoms with Gasteiger partial charge in [0.25, 0.3) is 0 Å². The van der Waals surface area contributed by atoms with Gasteiger partial charge in [-0.05, 0) is 38.5 Å². The predicted octanol–water partition coefficient (Wildman–Crippen LogP) is 12.0.